The normalized spacial score (nSPS) is 15.9. The van der Waals surface area contributed by atoms with Crippen molar-refractivity contribution in [2.45, 2.75) is 44.0 Å². The van der Waals surface area contributed by atoms with Crippen LogP contribution < -0.4 is 14.8 Å². The maximum Gasteiger partial charge on any atom is 0.255 e. The van der Waals surface area contributed by atoms with Gasteiger partial charge in [-0.3, -0.25) is 4.79 Å². The number of ether oxygens (including phenoxy) is 1. The zero-order valence-electron chi connectivity index (χ0n) is 17.1. The van der Waals surface area contributed by atoms with E-state index < -0.39 is 10.0 Å². The molecule has 0 saturated heterocycles. The maximum absolute atomic E-state index is 13.0. The largest absolute Gasteiger partial charge is 0.496 e. The van der Waals surface area contributed by atoms with Crippen molar-refractivity contribution < 1.29 is 17.9 Å². The van der Waals surface area contributed by atoms with Crippen LogP contribution in [0.25, 0.3) is 0 Å². The minimum Gasteiger partial charge on any atom is -0.496 e. The summed E-state index contributed by atoms with van der Waals surface area (Å²) in [5.74, 6) is 0.391. The molecule has 0 saturated carbocycles. The van der Waals surface area contributed by atoms with Crippen molar-refractivity contribution in [2.75, 3.05) is 13.7 Å². The highest BCUT2D eigenvalue weighted by atomic mass is 32.2. The van der Waals surface area contributed by atoms with Gasteiger partial charge >= 0.3 is 0 Å². The van der Waals surface area contributed by atoms with E-state index in [1.54, 1.807) is 0 Å². The van der Waals surface area contributed by atoms with E-state index in [4.69, 9.17) is 4.74 Å². The molecular weight excluding hydrogens is 388 g/mol. The van der Waals surface area contributed by atoms with Gasteiger partial charge in [-0.2, -0.15) is 0 Å². The van der Waals surface area contributed by atoms with E-state index >= 15 is 0 Å². The standard InChI is InChI=1S/C22H28N2O4S/c1-15(2)12-13-23-29(26,27)17-9-11-21(28-3)19(14-17)22(25)24-20-10-8-16-6-4-5-7-18(16)20/h4-7,9,11,14-15,20,23H,8,10,12-13H2,1-3H3,(H,24,25). The van der Waals surface area contributed by atoms with E-state index in [0.717, 1.165) is 24.8 Å². The number of nitrogens with one attached hydrogen (secondary N) is 2. The first-order valence-corrected chi connectivity index (χ1v) is 11.4. The van der Waals surface area contributed by atoms with Crippen LogP contribution in [-0.2, 0) is 16.4 Å². The average Bonchev–Trinajstić information content (AvgIpc) is 3.10. The van der Waals surface area contributed by atoms with Gasteiger partial charge in [-0.05, 0) is 54.5 Å². The van der Waals surface area contributed by atoms with Crippen LogP contribution in [0.2, 0.25) is 0 Å². The summed E-state index contributed by atoms with van der Waals surface area (Å²) in [7, 11) is -2.23. The third-order valence-electron chi connectivity index (χ3n) is 5.18. The molecule has 2 aromatic carbocycles. The van der Waals surface area contributed by atoms with Gasteiger partial charge in [-0.15, -0.1) is 0 Å². The number of carbonyl (C=O) groups excluding carboxylic acids is 1. The van der Waals surface area contributed by atoms with Gasteiger partial charge < -0.3 is 10.1 Å². The Morgan fingerprint density at radius 2 is 1.97 bits per heavy atom. The lowest BCUT2D eigenvalue weighted by atomic mass is 10.1. The number of hydrogen-bond donors (Lipinski definition) is 2. The molecule has 0 spiro atoms. The summed E-state index contributed by atoms with van der Waals surface area (Å²) in [5, 5.41) is 3.03. The van der Waals surface area contributed by atoms with Crippen LogP contribution in [0.15, 0.2) is 47.4 Å². The third-order valence-corrected chi connectivity index (χ3v) is 6.64. The molecule has 6 nitrogen and oxygen atoms in total. The summed E-state index contributed by atoms with van der Waals surface area (Å²) in [5.41, 5.74) is 2.55. The third kappa shape index (κ3) is 4.97. The molecule has 0 fully saturated rings. The monoisotopic (exact) mass is 416 g/mol. The summed E-state index contributed by atoms with van der Waals surface area (Å²) < 4.78 is 33.1. The highest BCUT2D eigenvalue weighted by molar-refractivity contribution is 7.89. The van der Waals surface area contributed by atoms with Crippen molar-refractivity contribution in [1.29, 1.82) is 0 Å². The molecular formula is C22H28N2O4S. The Labute approximate surface area is 172 Å². The van der Waals surface area contributed by atoms with Gasteiger partial charge in [-0.1, -0.05) is 38.1 Å². The molecule has 0 aromatic heterocycles. The van der Waals surface area contributed by atoms with E-state index in [2.05, 4.69) is 16.1 Å². The maximum atomic E-state index is 13.0. The number of fused-ring (bicyclic) bond motifs is 1. The molecule has 1 amide bonds. The number of amides is 1. The van der Waals surface area contributed by atoms with Gasteiger partial charge in [0.05, 0.1) is 23.6 Å². The van der Waals surface area contributed by atoms with Crippen molar-refractivity contribution in [2.24, 2.45) is 5.92 Å². The molecule has 156 valence electrons. The van der Waals surface area contributed by atoms with Gasteiger partial charge in [0.1, 0.15) is 5.75 Å². The fourth-order valence-electron chi connectivity index (χ4n) is 3.54. The van der Waals surface area contributed by atoms with Crippen LogP contribution in [0.4, 0.5) is 0 Å². The Hall–Kier alpha value is -2.38. The predicted molar refractivity (Wildman–Crippen MR) is 113 cm³/mol. The number of methoxy groups -OCH3 is 1. The summed E-state index contributed by atoms with van der Waals surface area (Å²) in [6, 6.07) is 12.3. The Kier molecular flexibility index (Phi) is 6.59. The molecule has 29 heavy (non-hydrogen) atoms. The van der Waals surface area contributed by atoms with Gasteiger partial charge in [0.25, 0.3) is 5.91 Å². The van der Waals surface area contributed by atoms with Gasteiger partial charge in [0.15, 0.2) is 0 Å². The molecule has 0 radical (unpaired) electrons. The Morgan fingerprint density at radius 1 is 1.21 bits per heavy atom. The average molecular weight is 417 g/mol. The van der Waals surface area contributed by atoms with Crippen LogP contribution in [0.3, 0.4) is 0 Å². The van der Waals surface area contributed by atoms with E-state index in [1.807, 2.05) is 32.0 Å². The number of sulfonamides is 1. The highest BCUT2D eigenvalue weighted by Crippen LogP contribution is 2.31. The molecule has 1 atom stereocenters. The predicted octanol–water partition coefficient (Wildman–Crippen LogP) is 3.44. The molecule has 2 N–H and O–H groups in total. The van der Waals surface area contributed by atoms with Crippen molar-refractivity contribution in [3.8, 4) is 5.75 Å². The molecule has 1 unspecified atom stereocenters. The van der Waals surface area contributed by atoms with Gasteiger partial charge in [-0.25, -0.2) is 13.1 Å². The number of hydrogen-bond acceptors (Lipinski definition) is 4. The fourth-order valence-corrected chi connectivity index (χ4v) is 4.61. The molecule has 1 aliphatic carbocycles. The lowest BCUT2D eigenvalue weighted by Crippen LogP contribution is -2.29. The molecule has 1 aliphatic rings. The smallest absolute Gasteiger partial charge is 0.255 e. The van der Waals surface area contributed by atoms with E-state index in [9.17, 15) is 13.2 Å². The molecule has 3 rings (SSSR count). The SMILES string of the molecule is COc1ccc(S(=O)(=O)NCCC(C)C)cc1C(=O)NC1CCc2ccccc21. The zero-order valence-corrected chi connectivity index (χ0v) is 17.9. The number of rotatable bonds is 8. The first kappa shape index (κ1) is 21.3. The van der Waals surface area contributed by atoms with Crippen LogP contribution in [-0.4, -0.2) is 28.0 Å². The van der Waals surface area contributed by atoms with Crippen LogP contribution >= 0.6 is 0 Å². The minimum atomic E-state index is -3.70. The Morgan fingerprint density at radius 3 is 2.69 bits per heavy atom. The summed E-state index contributed by atoms with van der Waals surface area (Å²) >= 11 is 0. The zero-order chi connectivity index (χ0) is 21.0. The number of aryl methyl sites for hydroxylation is 1. The summed E-state index contributed by atoms with van der Waals surface area (Å²) in [6.45, 7) is 4.42. The van der Waals surface area contributed by atoms with Crippen LogP contribution in [0, 0.1) is 5.92 Å². The lowest BCUT2D eigenvalue weighted by Gasteiger charge is -2.16. The minimum absolute atomic E-state index is 0.0547. The fraction of sp³-hybridized carbons (Fsp3) is 0.409. The van der Waals surface area contributed by atoms with Crippen molar-refractivity contribution in [1.82, 2.24) is 10.0 Å². The number of carbonyl (C=O) groups is 1. The molecule has 0 bridgehead atoms. The van der Waals surface area contributed by atoms with Gasteiger partial charge in [0.2, 0.25) is 10.0 Å². The van der Waals surface area contributed by atoms with Gasteiger partial charge in [0, 0.05) is 6.54 Å². The summed E-state index contributed by atoms with van der Waals surface area (Å²) in [6.07, 6.45) is 2.47. The van der Waals surface area contributed by atoms with Crippen molar-refractivity contribution >= 4 is 15.9 Å². The lowest BCUT2D eigenvalue weighted by molar-refractivity contribution is 0.0933. The Balaban J connectivity index is 1.81. The topological polar surface area (TPSA) is 84.5 Å². The number of benzene rings is 2. The first-order valence-electron chi connectivity index (χ1n) is 9.88. The molecule has 7 heteroatoms. The molecule has 0 heterocycles. The molecule has 0 aliphatic heterocycles. The second kappa shape index (κ2) is 8.97. The molecule has 2 aromatic rings. The quantitative estimate of drug-likeness (QED) is 0.690. The first-order chi connectivity index (χ1) is 13.8. The van der Waals surface area contributed by atoms with Crippen molar-refractivity contribution in [3.05, 3.63) is 59.2 Å². The van der Waals surface area contributed by atoms with E-state index in [0.29, 0.717) is 18.2 Å². The summed E-state index contributed by atoms with van der Waals surface area (Å²) in [4.78, 5) is 13.0. The van der Waals surface area contributed by atoms with E-state index in [-0.39, 0.29) is 22.4 Å². The second-order valence-electron chi connectivity index (χ2n) is 7.71. The second-order valence-corrected chi connectivity index (χ2v) is 9.47. The van der Waals surface area contributed by atoms with Crippen LogP contribution in [0.5, 0.6) is 5.75 Å². The van der Waals surface area contributed by atoms with Crippen LogP contribution in [0.1, 0.15) is 54.2 Å². The van der Waals surface area contributed by atoms with Crippen molar-refractivity contribution in [3.63, 3.8) is 0 Å². The highest BCUT2D eigenvalue weighted by Gasteiger charge is 2.26. The Bertz CT molecular complexity index is 986. The van der Waals surface area contributed by atoms with E-state index in [1.165, 1.54) is 30.9 Å².